The molecule has 5 heteroatoms. The molecule has 15 heavy (non-hydrogen) atoms. The smallest absolute Gasteiger partial charge is 0.294 e. The summed E-state index contributed by atoms with van der Waals surface area (Å²) < 4.78 is 17.7. The van der Waals surface area contributed by atoms with Crippen molar-refractivity contribution in [3.63, 3.8) is 0 Å². The monoisotopic (exact) mass is 211 g/mol. The second-order valence-corrected chi connectivity index (χ2v) is 3.50. The Balaban J connectivity index is 2.22. The van der Waals surface area contributed by atoms with E-state index < -0.39 is 16.8 Å². The van der Waals surface area contributed by atoms with Crippen LogP contribution in [0.15, 0.2) is 24.3 Å². The Hall–Kier alpha value is -1.49. The molecule has 0 bridgehead atoms. The second-order valence-electron chi connectivity index (χ2n) is 3.50. The number of nitro groups is 1. The molecule has 1 aliphatic heterocycles. The van der Waals surface area contributed by atoms with Gasteiger partial charge in [-0.25, -0.2) is 4.39 Å². The SMILES string of the molecule is CC[C@]1([N+](=O)[O-])O[C@H]1c1ccc(F)cc1. The van der Waals surface area contributed by atoms with Crippen LogP contribution >= 0.6 is 0 Å². The minimum absolute atomic E-state index is 0.308. The average Bonchev–Trinajstić information content (AvgIpc) is 2.95. The zero-order valence-electron chi connectivity index (χ0n) is 8.14. The van der Waals surface area contributed by atoms with Crippen molar-refractivity contribution in [2.24, 2.45) is 0 Å². The first-order valence-electron chi connectivity index (χ1n) is 4.68. The summed E-state index contributed by atoms with van der Waals surface area (Å²) in [5.74, 6) is -0.359. The summed E-state index contributed by atoms with van der Waals surface area (Å²) in [6.45, 7) is 1.70. The average molecular weight is 211 g/mol. The molecule has 4 nitrogen and oxygen atoms in total. The van der Waals surface area contributed by atoms with Gasteiger partial charge in [0.05, 0.1) is 4.92 Å². The van der Waals surface area contributed by atoms with Crippen LogP contribution in [0, 0.1) is 15.9 Å². The van der Waals surface area contributed by atoms with Crippen molar-refractivity contribution in [3.05, 3.63) is 45.8 Å². The lowest BCUT2D eigenvalue weighted by Gasteiger charge is -2.00. The molecule has 2 rings (SSSR count). The van der Waals surface area contributed by atoms with E-state index in [1.165, 1.54) is 24.3 Å². The number of nitrogens with zero attached hydrogens (tertiary/aromatic N) is 1. The minimum atomic E-state index is -1.29. The summed E-state index contributed by atoms with van der Waals surface area (Å²) in [6, 6.07) is 5.58. The zero-order valence-corrected chi connectivity index (χ0v) is 8.14. The number of rotatable bonds is 3. The third-order valence-corrected chi connectivity index (χ3v) is 2.66. The lowest BCUT2D eigenvalue weighted by atomic mass is 10.0. The number of hydrogen-bond donors (Lipinski definition) is 0. The molecule has 0 unspecified atom stereocenters. The Bertz CT molecular complexity index is 392. The fourth-order valence-corrected chi connectivity index (χ4v) is 1.67. The van der Waals surface area contributed by atoms with Crippen molar-refractivity contribution in [2.75, 3.05) is 0 Å². The number of hydrogen-bond acceptors (Lipinski definition) is 3. The molecule has 0 spiro atoms. The van der Waals surface area contributed by atoms with Crippen LogP contribution in [0.25, 0.3) is 0 Å². The van der Waals surface area contributed by atoms with Gasteiger partial charge in [-0.2, -0.15) is 0 Å². The van der Waals surface area contributed by atoms with Gasteiger partial charge in [0.15, 0.2) is 6.10 Å². The first-order valence-corrected chi connectivity index (χ1v) is 4.68. The molecular formula is C10H10FNO3. The molecule has 1 aliphatic rings. The molecular weight excluding hydrogens is 201 g/mol. The molecule has 1 saturated heterocycles. The van der Waals surface area contributed by atoms with E-state index in [2.05, 4.69) is 0 Å². The maximum absolute atomic E-state index is 12.6. The largest absolute Gasteiger partial charge is 0.356 e. The summed E-state index contributed by atoms with van der Waals surface area (Å²) >= 11 is 0. The van der Waals surface area contributed by atoms with Crippen LogP contribution in [0.1, 0.15) is 25.0 Å². The standard InChI is InChI=1S/C10H10FNO3/c1-2-10(12(13)14)9(15-10)7-3-5-8(11)6-4-7/h3-6,9H,2H2,1H3/t9-,10-/m0/s1. The lowest BCUT2D eigenvalue weighted by molar-refractivity contribution is -0.564. The quantitative estimate of drug-likeness (QED) is 0.438. The van der Waals surface area contributed by atoms with Gasteiger partial charge < -0.3 is 0 Å². The van der Waals surface area contributed by atoms with Crippen LogP contribution in [0.2, 0.25) is 0 Å². The van der Waals surface area contributed by atoms with Gasteiger partial charge in [-0.15, -0.1) is 0 Å². The van der Waals surface area contributed by atoms with Crippen molar-refractivity contribution < 1.29 is 14.1 Å². The fourth-order valence-electron chi connectivity index (χ4n) is 1.67. The van der Waals surface area contributed by atoms with E-state index in [1.807, 2.05) is 0 Å². The summed E-state index contributed by atoms with van der Waals surface area (Å²) in [6.07, 6.45) is -0.236. The van der Waals surface area contributed by atoms with E-state index in [9.17, 15) is 14.5 Å². The van der Waals surface area contributed by atoms with Gasteiger partial charge in [0.1, 0.15) is 5.82 Å². The van der Waals surface area contributed by atoms with Crippen molar-refractivity contribution >= 4 is 0 Å². The van der Waals surface area contributed by atoms with Gasteiger partial charge in [0.2, 0.25) is 0 Å². The van der Waals surface area contributed by atoms with E-state index in [-0.39, 0.29) is 5.82 Å². The highest BCUT2D eigenvalue weighted by molar-refractivity contribution is 5.24. The number of benzene rings is 1. The molecule has 0 radical (unpaired) electrons. The normalized spacial score (nSPS) is 28.8. The Kier molecular flexibility index (Phi) is 2.19. The molecule has 0 aliphatic carbocycles. The molecule has 2 atom stereocenters. The van der Waals surface area contributed by atoms with Crippen molar-refractivity contribution in [3.8, 4) is 0 Å². The summed E-state index contributed by atoms with van der Waals surface area (Å²) in [4.78, 5) is 10.4. The molecule has 0 N–H and O–H groups in total. The van der Waals surface area contributed by atoms with Gasteiger partial charge in [0, 0.05) is 6.42 Å². The highest BCUT2D eigenvalue weighted by Gasteiger charge is 2.68. The number of halogens is 1. The zero-order chi connectivity index (χ0) is 11.1. The summed E-state index contributed by atoms with van der Waals surface area (Å²) in [5.41, 5.74) is -0.646. The third-order valence-electron chi connectivity index (χ3n) is 2.66. The van der Waals surface area contributed by atoms with Crippen LogP contribution in [0.3, 0.4) is 0 Å². The highest BCUT2D eigenvalue weighted by atomic mass is 19.1. The number of epoxide rings is 1. The molecule has 0 aromatic heterocycles. The van der Waals surface area contributed by atoms with Crippen LogP contribution in [0.4, 0.5) is 4.39 Å². The van der Waals surface area contributed by atoms with Crippen LogP contribution < -0.4 is 0 Å². The molecule has 1 aromatic rings. The van der Waals surface area contributed by atoms with Gasteiger partial charge in [-0.05, 0) is 17.7 Å². The van der Waals surface area contributed by atoms with E-state index >= 15 is 0 Å². The molecule has 1 aromatic carbocycles. The van der Waals surface area contributed by atoms with Crippen molar-refractivity contribution in [1.29, 1.82) is 0 Å². The van der Waals surface area contributed by atoms with E-state index in [0.29, 0.717) is 12.0 Å². The summed E-state index contributed by atoms with van der Waals surface area (Å²) in [7, 11) is 0. The lowest BCUT2D eigenvalue weighted by Crippen LogP contribution is -2.22. The minimum Gasteiger partial charge on any atom is -0.294 e. The predicted octanol–water partition coefficient (Wildman–Crippen LogP) is 2.28. The van der Waals surface area contributed by atoms with E-state index in [0.717, 1.165) is 0 Å². The first kappa shape index (κ1) is 10.0. The Morgan fingerprint density at radius 3 is 2.53 bits per heavy atom. The van der Waals surface area contributed by atoms with Gasteiger partial charge in [-0.1, -0.05) is 19.1 Å². The Labute approximate surface area is 85.8 Å². The Morgan fingerprint density at radius 2 is 2.13 bits per heavy atom. The summed E-state index contributed by atoms with van der Waals surface area (Å²) in [5, 5.41) is 10.8. The van der Waals surface area contributed by atoms with Crippen LogP contribution in [0.5, 0.6) is 0 Å². The maximum Gasteiger partial charge on any atom is 0.356 e. The maximum atomic E-state index is 12.6. The number of ether oxygens (including phenoxy) is 1. The highest BCUT2D eigenvalue weighted by Crippen LogP contribution is 2.51. The fraction of sp³-hybridized carbons (Fsp3) is 0.400. The van der Waals surface area contributed by atoms with Gasteiger partial charge >= 0.3 is 5.72 Å². The second kappa shape index (κ2) is 3.27. The molecule has 80 valence electrons. The van der Waals surface area contributed by atoms with E-state index in [1.54, 1.807) is 6.92 Å². The van der Waals surface area contributed by atoms with Crippen molar-refractivity contribution in [1.82, 2.24) is 0 Å². The molecule has 0 saturated carbocycles. The van der Waals surface area contributed by atoms with Gasteiger partial charge in [0.25, 0.3) is 0 Å². The Morgan fingerprint density at radius 1 is 1.53 bits per heavy atom. The van der Waals surface area contributed by atoms with E-state index in [4.69, 9.17) is 4.74 Å². The molecule has 0 amide bonds. The van der Waals surface area contributed by atoms with Gasteiger partial charge in [-0.3, -0.25) is 14.9 Å². The third kappa shape index (κ3) is 1.48. The molecule has 1 fully saturated rings. The molecule has 1 heterocycles. The predicted molar refractivity (Wildman–Crippen MR) is 50.2 cm³/mol. The van der Waals surface area contributed by atoms with Crippen molar-refractivity contribution in [2.45, 2.75) is 25.2 Å². The topological polar surface area (TPSA) is 55.7 Å². The van der Waals surface area contributed by atoms with Crippen LogP contribution in [-0.4, -0.2) is 10.6 Å². The van der Waals surface area contributed by atoms with Crippen LogP contribution in [-0.2, 0) is 4.74 Å². The first-order chi connectivity index (χ1) is 7.10.